The second kappa shape index (κ2) is 10.5. The molecule has 172 valence electrons. The zero-order chi connectivity index (χ0) is 23.9. The Balaban J connectivity index is 1.33. The number of aryl methyl sites for hydroxylation is 1. The number of carbonyl (C=O) groups is 3. The zero-order valence-electron chi connectivity index (χ0n) is 18.0. The SMILES string of the molecule is Cn1cnnc1SCc1ccc(C(=O)NNC(=O)c2ccccc2NC(=O)c2ccco2)cc1. The fraction of sp³-hybridized carbons (Fsp3) is 0.0870. The molecule has 3 amide bonds. The van der Waals surface area contributed by atoms with E-state index in [4.69, 9.17) is 4.42 Å². The van der Waals surface area contributed by atoms with Gasteiger partial charge in [-0.25, -0.2) is 0 Å². The van der Waals surface area contributed by atoms with E-state index >= 15 is 0 Å². The Labute approximate surface area is 198 Å². The molecule has 0 atom stereocenters. The lowest BCUT2D eigenvalue weighted by atomic mass is 10.1. The summed E-state index contributed by atoms with van der Waals surface area (Å²) in [5.41, 5.74) is 6.61. The van der Waals surface area contributed by atoms with Crippen molar-refractivity contribution in [2.24, 2.45) is 7.05 Å². The summed E-state index contributed by atoms with van der Waals surface area (Å²) in [7, 11) is 1.87. The molecule has 0 radical (unpaired) electrons. The molecule has 0 fully saturated rings. The van der Waals surface area contributed by atoms with Crippen LogP contribution in [0.15, 0.2) is 82.8 Å². The van der Waals surface area contributed by atoms with E-state index in [-0.39, 0.29) is 17.0 Å². The molecule has 0 saturated carbocycles. The average molecular weight is 477 g/mol. The van der Waals surface area contributed by atoms with Crippen molar-refractivity contribution in [3.8, 4) is 0 Å². The number of nitrogens with zero attached hydrogens (tertiary/aromatic N) is 3. The molecule has 0 unspecified atom stereocenters. The number of para-hydroxylation sites is 1. The van der Waals surface area contributed by atoms with Crippen LogP contribution in [0.3, 0.4) is 0 Å². The smallest absolute Gasteiger partial charge is 0.291 e. The third-order valence-corrected chi connectivity index (χ3v) is 5.81. The predicted octanol–water partition coefficient (Wildman–Crippen LogP) is 3.03. The quantitative estimate of drug-likeness (QED) is 0.276. The molecule has 0 aliphatic heterocycles. The number of aromatic nitrogens is 3. The average Bonchev–Trinajstić information content (AvgIpc) is 3.54. The number of furan rings is 1. The number of thioether (sulfide) groups is 1. The van der Waals surface area contributed by atoms with Crippen LogP contribution in [0.25, 0.3) is 0 Å². The monoisotopic (exact) mass is 476 g/mol. The maximum absolute atomic E-state index is 12.6. The van der Waals surface area contributed by atoms with Gasteiger partial charge in [0.25, 0.3) is 17.7 Å². The third kappa shape index (κ3) is 5.51. The van der Waals surface area contributed by atoms with E-state index in [9.17, 15) is 14.4 Å². The van der Waals surface area contributed by atoms with Crippen molar-refractivity contribution in [1.82, 2.24) is 25.6 Å². The van der Waals surface area contributed by atoms with Crippen LogP contribution in [0.4, 0.5) is 5.69 Å². The van der Waals surface area contributed by atoms with Crippen LogP contribution in [-0.4, -0.2) is 32.5 Å². The summed E-state index contributed by atoms with van der Waals surface area (Å²) >= 11 is 1.53. The molecule has 11 heteroatoms. The Morgan fingerprint density at radius 1 is 0.941 bits per heavy atom. The molecule has 0 bridgehead atoms. The van der Waals surface area contributed by atoms with E-state index in [1.165, 1.54) is 30.2 Å². The Hall–Kier alpha value is -4.38. The second-order valence-corrected chi connectivity index (χ2v) is 8.04. The van der Waals surface area contributed by atoms with Crippen LogP contribution in [0, 0.1) is 0 Å². The predicted molar refractivity (Wildman–Crippen MR) is 125 cm³/mol. The fourth-order valence-electron chi connectivity index (χ4n) is 2.94. The summed E-state index contributed by atoms with van der Waals surface area (Å²) in [6.07, 6.45) is 3.02. The van der Waals surface area contributed by atoms with E-state index in [0.29, 0.717) is 11.3 Å². The minimum atomic E-state index is -0.583. The lowest BCUT2D eigenvalue weighted by molar-refractivity contribution is 0.0847. The van der Waals surface area contributed by atoms with Gasteiger partial charge in [0.05, 0.1) is 17.5 Å². The highest BCUT2D eigenvalue weighted by atomic mass is 32.2. The molecule has 10 nitrogen and oxygen atoms in total. The van der Waals surface area contributed by atoms with Gasteiger partial charge in [-0.1, -0.05) is 36.0 Å². The van der Waals surface area contributed by atoms with Gasteiger partial charge in [-0.2, -0.15) is 0 Å². The number of nitrogens with one attached hydrogen (secondary N) is 3. The number of hydrogen-bond acceptors (Lipinski definition) is 7. The lowest BCUT2D eigenvalue weighted by Gasteiger charge is -2.12. The van der Waals surface area contributed by atoms with Crippen molar-refractivity contribution in [1.29, 1.82) is 0 Å². The van der Waals surface area contributed by atoms with Crippen LogP contribution in [-0.2, 0) is 12.8 Å². The molecule has 2 aromatic heterocycles. The summed E-state index contributed by atoms with van der Waals surface area (Å²) in [5, 5.41) is 11.3. The van der Waals surface area contributed by atoms with Crippen molar-refractivity contribution >= 4 is 35.2 Å². The molecule has 0 spiro atoms. The molecule has 0 saturated heterocycles. The minimum Gasteiger partial charge on any atom is -0.459 e. The minimum absolute atomic E-state index is 0.113. The van der Waals surface area contributed by atoms with Gasteiger partial charge >= 0.3 is 0 Å². The first-order valence-electron chi connectivity index (χ1n) is 10.1. The van der Waals surface area contributed by atoms with Gasteiger partial charge in [0.1, 0.15) is 6.33 Å². The van der Waals surface area contributed by atoms with Crippen LogP contribution in [0.5, 0.6) is 0 Å². The molecular weight excluding hydrogens is 456 g/mol. The first-order chi connectivity index (χ1) is 16.5. The third-order valence-electron chi connectivity index (χ3n) is 4.71. The summed E-state index contributed by atoms with van der Waals surface area (Å²) in [6.45, 7) is 0. The Kier molecular flexibility index (Phi) is 7.04. The van der Waals surface area contributed by atoms with Crippen LogP contribution < -0.4 is 16.2 Å². The molecule has 4 aromatic rings. The first kappa shape index (κ1) is 22.8. The molecule has 2 heterocycles. The Morgan fingerprint density at radius 3 is 2.41 bits per heavy atom. The number of carbonyl (C=O) groups excluding carboxylic acids is 3. The van der Waals surface area contributed by atoms with Crippen LogP contribution in [0.1, 0.15) is 36.8 Å². The molecule has 4 rings (SSSR count). The van der Waals surface area contributed by atoms with Crippen molar-refractivity contribution in [3.05, 3.63) is 95.7 Å². The zero-order valence-corrected chi connectivity index (χ0v) is 18.8. The molecule has 2 aromatic carbocycles. The maximum atomic E-state index is 12.6. The summed E-state index contributed by atoms with van der Waals surface area (Å²) in [6, 6.07) is 16.5. The van der Waals surface area contributed by atoms with Gasteiger partial charge in [-0.05, 0) is 42.0 Å². The normalized spacial score (nSPS) is 10.5. The highest BCUT2D eigenvalue weighted by molar-refractivity contribution is 7.98. The van der Waals surface area contributed by atoms with E-state index < -0.39 is 17.7 Å². The topological polar surface area (TPSA) is 131 Å². The van der Waals surface area contributed by atoms with Crippen molar-refractivity contribution < 1.29 is 18.8 Å². The summed E-state index contributed by atoms with van der Waals surface area (Å²) in [5.74, 6) is -0.766. The fourth-order valence-corrected chi connectivity index (χ4v) is 3.78. The number of rotatable bonds is 7. The number of anilines is 1. The van der Waals surface area contributed by atoms with Gasteiger partial charge < -0.3 is 14.3 Å². The maximum Gasteiger partial charge on any atom is 0.291 e. The molecule has 0 aliphatic rings. The Morgan fingerprint density at radius 2 is 1.71 bits per heavy atom. The van der Waals surface area contributed by atoms with Crippen molar-refractivity contribution in [3.63, 3.8) is 0 Å². The number of hydrogen-bond donors (Lipinski definition) is 3. The van der Waals surface area contributed by atoms with Gasteiger partial charge in [0.15, 0.2) is 10.9 Å². The Bertz CT molecular complexity index is 1300. The van der Waals surface area contributed by atoms with E-state index in [0.717, 1.165) is 10.7 Å². The van der Waals surface area contributed by atoms with Gasteiger partial charge in [0, 0.05) is 18.4 Å². The summed E-state index contributed by atoms with van der Waals surface area (Å²) in [4.78, 5) is 37.3. The number of benzene rings is 2. The number of amides is 3. The van der Waals surface area contributed by atoms with Crippen molar-refractivity contribution in [2.45, 2.75) is 10.9 Å². The highest BCUT2D eigenvalue weighted by Gasteiger charge is 2.16. The first-order valence-corrected chi connectivity index (χ1v) is 11.1. The molecular formula is C23H20N6O4S. The van der Waals surface area contributed by atoms with E-state index in [2.05, 4.69) is 26.4 Å². The van der Waals surface area contributed by atoms with Crippen LogP contribution >= 0.6 is 11.8 Å². The standard InChI is InChI=1S/C23H20N6O4S/c1-29-14-24-28-23(29)34-13-15-8-10-16(11-9-15)20(30)26-27-21(31)17-5-2-3-6-18(17)25-22(32)19-7-4-12-33-19/h2-12,14H,13H2,1H3,(H,25,32)(H,26,30)(H,27,31). The van der Waals surface area contributed by atoms with E-state index in [1.807, 2.05) is 23.7 Å². The summed E-state index contributed by atoms with van der Waals surface area (Å²) < 4.78 is 6.89. The lowest BCUT2D eigenvalue weighted by Crippen LogP contribution is -2.41. The molecule has 3 N–H and O–H groups in total. The van der Waals surface area contributed by atoms with Gasteiger partial charge in [-0.15, -0.1) is 10.2 Å². The van der Waals surface area contributed by atoms with Gasteiger partial charge in [-0.3, -0.25) is 25.2 Å². The van der Waals surface area contributed by atoms with Gasteiger partial charge in [0.2, 0.25) is 0 Å². The highest BCUT2D eigenvalue weighted by Crippen LogP contribution is 2.20. The molecule has 34 heavy (non-hydrogen) atoms. The molecule has 0 aliphatic carbocycles. The number of hydrazine groups is 1. The largest absolute Gasteiger partial charge is 0.459 e. The van der Waals surface area contributed by atoms with Crippen LogP contribution in [0.2, 0.25) is 0 Å². The van der Waals surface area contributed by atoms with Crippen molar-refractivity contribution in [2.75, 3.05) is 5.32 Å². The second-order valence-electron chi connectivity index (χ2n) is 7.10. The van der Waals surface area contributed by atoms with E-state index in [1.54, 1.807) is 42.7 Å².